The Bertz CT molecular complexity index is 516. The number of hydrogen-bond donors (Lipinski definition) is 1. The summed E-state index contributed by atoms with van der Waals surface area (Å²) in [6.45, 7) is 2.81. The molecule has 1 heterocycles. The second-order valence-corrected chi connectivity index (χ2v) is 4.95. The fraction of sp³-hybridized carbons (Fsp3) is 0.417. The molecule has 4 heteroatoms. The number of fused-ring (bicyclic) bond motifs is 1. The molecule has 0 spiro atoms. The number of nitrogens with zero attached hydrogens (tertiary/aromatic N) is 2. The lowest BCUT2D eigenvalue weighted by atomic mass is 10.2. The molecule has 3 nitrogen and oxygen atoms in total. The first kappa shape index (κ1) is 11.6. The van der Waals surface area contributed by atoms with Crippen molar-refractivity contribution in [2.45, 2.75) is 19.8 Å². The van der Waals surface area contributed by atoms with E-state index in [4.69, 9.17) is 5.73 Å². The van der Waals surface area contributed by atoms with Crippen LogP contribution in [0.3, 0.4) is 0 Å². The van der Waals surface area contributed by atoms with Crippen molar-refractivity contribution < 1.29 is 0 Å². The first-order valence-corrected chi connectivity index (χ1v) is 6.24. The largest absolute Gasteiger partial charge is 0.331 e. The molecule has 0 saturated heterocycles. The molecule has 0 fully saturated rings. The summed E-state index contributed by atoms with van der Waals surface area (Å²) in [5.74, 6) is 1.10. The van der Waals surface area contributed by atoms with Gasteiger partial charge in [-0.2, -0.15) is 0 Å². The van der Waals surface area contributed by atoms with Crippen molar-refractivity contribution in [1.29, 1.82) is 0 Å². The van der Waals surface area contributed by atoms with Crippen molar-refractivity contribution in [1.82, 2.24) is 9.55 Å². The van der Waals surface area contributed by atoms with Gasteiger partial charge >= 0.3 is 0 Å². The van der Waals surface area contributed by atoms with Crippen LogP contribution >= 0.6 is 15.9 Å². The molecule has 2 aromatic rings. The Morgan fingerprint density at radius 2 is 2.19 bits per heavy atom. The van der Waals surface area contributed by atoms with Gasteiger partial charge in [0.05, 0.1) is 5.52 Å². The minimum atomic E-state index is 0.712. The van der Waals surface area contributed by atoms with Gasteiger partial charge in [-0.25, -0.2) is 4.98 Å². The Morgan fingerprint density at radius 3 is 2.88 bits per heavy atom. The highest BCUT2D eigenvalue weighted by Gasteiger charge is 2.10. The second kappa shape index (κ2) is 4.55. The number of halogens is 1. The first-order valence-electron chi connectivity index (χ1n) is 5.45. The minimum Gasteiger partial charge on any atom is -0.331 e. The van der Waals surface area contributed by atoms with E-state index >= 15 is 0 Å². The molecule has 0 amide bonds. The van der Waals surface area contributed by atoms with E-state index in [9.17, 15) is 0 Å². The average Bonchev–Trinajstić information content (AvgIpc) is 2.54. The summed E-state index contributed by atoms with van der Waals surface area (Å²) in [4.78, 5) is 4.65. The zero-order valence-electron chi connectivity index (χ0n) is 9.63. The molecule has 0 unspecified atom stereocenters. The van der Waals surface area contributed by atoms with Gasteiger partial charge in [-0.05, 0) is 53.5 Å². The van der Waals surface area contributed by atoms with Crippen LogP contribution in [0.4, 0.5) is 0 Å². The molecule has 2 rings (SSSR count). The van der Waals surface area contributed by atoms with Gasteiger partial charge < -0.3 is 10.3 Å². The predicted molar refractivity (Wildman–Crippen MR) is 70.5 cm³/mol. The first-order chi connectivity index (χ1) is 7.63. The van der Waals surface area contributed by atoms with E-state index in [-0.39, 0.29) is 0 Å². The van der Waals surface area contributed by atoms with Gasteiger partial charge in [0.2, 0.25) is 0 Å². The third kappa shape index (κ3) is 1.99. The van der Waals surface area contributed by atoms with Crippen molar-refractivity contribution in [3.05, 3.63) is 28.0 Å². The highest BCUT2D eigenvalue weighted by molar-refractivity contribution is 9.10. The predicted octanol–water partition coefficient (Wildman–Crippen LogP) is 2.54. The third-order valence-corrected chi connectivity index (χ3v) is 3.39. The van der Waals surface area contributed by atoms with Crippen LogP contribution in [-0.4, -0.2) is 16.1 Å². The quantitative estimate of drug-likeness (QED) is 0.940. The zero-order valence-corrected chi connectivity index (χ0v) is 11.2. The lowest BCUT2D eigenvalue weighted by Gasteiger charge is -2.01. The number of hydrogen-bond acceptors (Lipinski definition) is 2. The van der Waals surface area contributed by atoms with E-state index in [1.165, 1.54) is 11.1 Å². The maximum atomic E-state index is 5.53. The Balaban J connectivity index is 2.54. The summed E-state index contributed by atoms with van der Waals surface area (Å²) in [5, 5.41) is 0. The third-order valence-electron chi connectivity index (χ3n) is 2.78. The molecule has 0 aliphatic heterocycles. The summed E-state index contributed by atoms with van der Waals surface area (Å²) >= 11 is 3.56. The summed E-state index contributed by atoms with van der Waals surface area (Å²) in [5.41, 5.74) is 8.99. The van der Waals surface area contributed by atoms with E-state index in [2.05, 4.69) is 51.6 Å². The molecule has 0 bridgehead atoms. The van der Waals surface area contributed by atoms with Gasteiger partial charge in [-0.1, -0.05) is 0 Å². The Labute approximate surface area is 104 Å². The van der Waals surface area contributed by atoms with E-state index in [0.717, 1.165) is 28.7 Å². The molecular formula is C12H16BrN3. The number of benzene rings is 1. The van der Waals surface area contributed by atoms with Crippen LogP contribution in [-0.2, 0) is 13.5 Å². The fourth-order valence-electron chi connectivity index (χ4n) is 1.91. The van der Waals surface area contributed by atoms with Crippen LogP contribution in [0.2, 0.25) is 0 Å². The van der Waals surface area contributed by atoms with E-state index in [0.29, 0.717) is 6.54 Å². The smallest absolute Gasteiger partial charge is 0.109 e. The highest BCUT2D eigenvalue weighted by atomic mass is 79.9. The zero-order chi connectivity index (χ0) is 11.7. The Hall–Kier alpha value is -0.870. The summed E-state index contributed by atoms with van der Waals surface area (Å²) in [6, 6.07) is 4.26. The van der Waals surface area contributed by atoms with Crippen molar-refractivity contribution >= 4 is 27.0 Å². The highest BCUT2D eigenvalue weighted by Crippen LogP contribution is 2.25. The van der Waals surface area contributed by atoms with E-state index < -0.39 is 0 Å². The van der Waals surface area contributed by atoms with Crippen molar-refractivity contribution in [3.8, 4) is 0 Å². The van der Waals surface area contributed by atoms with Gasteiger partial charge in [-0.15, -0.1) is 0 Å². The lowest BCUT2D eigenvalue weighted by molar-refractivity contribution is 0.741. The molecule has 2 N–H and O–H groups in total. The van der Waals surface area contributed by atoms with E-state index in [1.54, 1.807) is 0 Å². The maximum absolute atomic E-state index is 5.53. The van der Waals surface area contributed by atoms with Crippen LogP contribution in [0.25, 0.3) is 11.0 Å². The molecule has 0 aliphatic carbocycles. The monoisotopic (exact) mass is 281 g/mol. The number of aryl methyl sites for hydroxylation is 3. The molecule has 86 valence electrons. The molecule has 1 aromatic heterocycles. The van der Waals surface area contributed by atoms with Crippen LogP contribution < -0.4 is 5.73 Å². The van der Waals surface area contributed by atoms with E-state index in [1.807, 2.05) is 0 Å². The Morgan fingerprint density at radius 1 is 1.44 bits per heavy atom. The van der Waals surface area contributed by atoms with Gasteiger partial charge in [0.15, 0.2) is 0 Å². The number of aromatic nitrogens is 2. The fourth-order valence-corrected chi connectivity index (χ4v) is 2.56. The van der Waals surface area contributed by atoms with Crippen LogP contribution in [0.1, 0.15) is 17.8 Å². The number of nitrogens with two attached hydrogens (primary N) is 1. The molecule has 0 aliphatic rings. The molecule has 0 radical (unpaired) electrons. The van der Waals surface area contributed by atoms with Crippen molar-refractivity contribution in [2.75, 3.05) is 6.54 Å². The van der Waals surface area contributed by atoms with Crippen LogP contribution in [0.15, 0.2) is 16.6 Å². The van der Waals surface area contributed by atoms with Crippen LogP contribution in [0.5, 0.6) is 0 Å². The summed E-state index contributed by atoms with van der Waals surface area (Å²) in [7, 11) is 2.06. The molecule has 0 saturated carbocycles. The number of rotatable bonds is 3. The standard InChI is InChI=1S/C12H16BrN3/c1-8-6-9(13)12-10(7-8)16(2)11(15-12)4-3-5-14/h6-7H,3-5,14H2,1-2H3. The van der Waals surface area contributed by atoms with Gasteiger partial charge in [-0.3, -0.25) is 0 Å². The lowest BCUT2D eigenvalue weighted by Crippen LogP contribution is -2.04. The summed E-state index contributed by atoms with van der Waals surface area (Å²) < 4.78 is 3.22. The van der Waals surface area contributed by atoms with Gasteiger partial charge in [0.1, 0.15) is 11.3 Å². The summed E-state index contributed by atoms with van der Waals surface area (Å²) in [6.07, 6.45) is 1.92. The van der Waals surface area contributed by atoms with Crippen molar-refractivity contribution in [2.24, 2.45) is 12.8 Å². The Kier molecular flexibility index (Phi) is 3.30. The molecular weight excluding hydrogens is 266 g/mol. The van der Waals surface area contributed by atoms with Gasteiger partial charge in [0, 0.05) is 17.9 Å². The average molecular weight is 282 g/mol. The molecule has 1 aromatic carbocycles. The van der Waals surface area contributed by atoms with Gasteiger partial charge in [0.25, 0.3) is 0 Å². The minimum absolute atomic E-state index is 0.712. The normalized spacial score (nSPS) is 11.2. The molecule has 16 heavy (non-hydrogen) atoms. The topological polar surface area (TPSA) is 43.8 Å². The number of imidazole rings is 1. The van der Waals surface area contributed by atoms with Crippen molar-refractivity contribution in [3.63, 3.8) is 0 Å². The van der Waals surface area contributed by atoms with Crippen LogP contribution in [0, 0.1) is 6.92 Å². The molecule has 0 atom stereocenters. The maximum Gasteiger partial charge on any atom is 0.109 e. The second-order valence-electron chi connectivity index (χ2n) is 4.09. The SMILES string of the molecule is Cc1cc(Br)c2nc(CCCN)n(C)c2c1.